The molecule has 10 rings (SSSR count). The molecule has 0 radical (unpaired) electrons. The number of benzene rings is 8. The van der Waals surface area contributed by atoms with E-state index in [-0.39, 0.29) is 0 Å². The van der Waals surface area contributed by atoms with E-state index in [1.165, 1.54) is 21.9 Å². The van der Waals surface area contributed by atoms with Gasteiger partial charge in [-0.25, -0.2) is 15.0 Å². The Balaban J connectivity index is 1.11. The van der Waals surface area contributed by atoms with Crippen LogP contribution >= 0.6 is 0 Å². The smallest absolute Gasteiger partial charge is 0.164 e. The molecule has 0 unspecified atom stereocenters. The first-order chi connectivity index (χ1) is 26.2. The lowest BCUT2D eigenvalue weighted by molar-refractivity contribution is 0.669. The lowest BCUT2D eigenvalue weighted by Gasteiger charge is -2.12. The molecule has 53 heavy (non-hydrogen) atoms. The third-order valence-electron chi connectivity index (χ3n) is 9.92. The van der Waals surface area contributed by atoms with Gasteiger partial charge >= 0.3 is 0 Å². The molecule has 0 fully saturated rings. The molecule has 0 atom stereocenters. The van der Waals surface area contributed by atoms with Crippen molar-refractivity contribution in [1.82, 2.24) is 15.0 Å². The predicted molar refractivity (Wildman–Crippen MR) is 217 cm³/mol. The van der Waals surface area contributed by atoms with Crippen molar-refractivity contribution in [3.8, 4) is 67.5 Å². The summed E-state index contributed by atoms with van der Waals surface area (Å²) in [4.78, 5) is 15.4. The topological polar surface area (TPSA) is 51.8 Å². The molecule has 0 aliphatic carbocycles. The largest absolute Gasteiger partial charge is 0.456 e. The van der Waals surface area contributed by atoms with Crippen LogP contribution in [0.15, 0.2) is 192 Å². The fourth-order valence-electron chi connectivity index (χ4n) is 7.23. The molecular formula is C49H31N3O. The van der Waals surface area contributed by atoms with E-state index in [0.717, 1.165) is 60.9 Å². The van der Waals surface area contributed by atoms with Crippen LogP contribution in [0.4, 0.5) is 0 Å². The van der Waals surface area contributed by atoms with Crippen molar-refractivity contribution in [2.24, 2.45) is 0 Å². The quantitative estimate of drug-likeness (QED) is 0.176. The van der Waals surface area contributed by atoms with Crippen molar-refractivity contribution in [3.05, 3.63) is 188 Å². The van der Waals surface area contributed by atoms with Crippen LogP contribution in [0.25, 0.3) is 100 Å². The maximum absolute atomic E-state index is 6.46. The van der Waals surface area contributed by atoms with Crippen LogP contribution < -0.4 is 0 Å². The maximum Gasteiger partial charge on any atom is 0.164 e. The van der Waals surface area contributed by atoms with Gasteiger partial charge in [-0.05, 0) is 74.5 Å². The Morgan fingerprint density at radius 3 is 1.62 bits per heavy atom. The molecule has 0 saturated carbocycles. The highest BCUT2D eigenvalue weighted by Gasteiger charge is 2.20. The average Bonchev–Trinajstić information content (AvgIpc) is 3.62. The highest BCUT2D eigenvalue weighted by molar-refractivity contribution is 6.13. The summed E-state index contributed by atoms with van der Waals surface area (Å²) < 4.78 is 6.46. The van der Waals surface area contributed by atoms with Crippen LogP contribution in [-0.2, 0) is 0 Å². The van der Waals surface area contributed by atoms with Crippen molar-refractivity contribution < 1.29 is 4.42 Å². The molecule has 0 N–H and O–H groups in total. The summed E-state index contributed by atoms with van der Waals surface area (Å²) in [5, 5.41) is 4.49. The molecule has 4 nitrogen and oxygen atoms in total. The van der Waals surface area contributed by atoms with Crippen molar-refractivity contribution in [3.63, 3.8) is 0 Å². The Bertz CT molecular complexity index is 2930. The number of aromatic nitrogens is 3. The van der Waals surface area contributed by atoms with Gasteiger partial charge in [-0.1, -0.05) is 158 Å². The first-order valence-electron chi connectivity index (χ1n) is 17.8. The van der Waals surface area contributed by atoms with Gasteiger partial charge in [0.2, 0.25) is 0 Å². The minimum Gasteiger partial charge on any atom is -0.456 e. The molecule has 0 spiro atoms. The van der Waals surface area contributed by atoms with E-state index in [1.54, 1.807) is 0 Å². The van der Waals surface area contributed by atoms with Crippen molar-refractivity contribution in [2.45, 2.75) is 0 Å². The van der Waals surface area contributed by atoms with Gasteiger partial charge in [-0.15, -0.1) is 0 Å². The summed E-state index contributed by atoms with van der Waals surface area (Å²) in [6.45, 7) is 0. The van der Waals surface area contributed by atoms with E-state index in [1.807, 2.05) is 54.6 Å². The zero-order valence-corrected chi connectivity index (χ0v) is 28.6. The zero-order valence-electron chi connectivity index (χ0n) is 28.6. The van der Waals surface area contributed by atoms with E-state index in [0.29, 0.717) is 17.5 Å². The predicted octanol–water partition coefficient (Wildman–Crippen LogP) is 12.9. The van der Waals surface area contributed by atoms with E-state index in [9.17, 15) is 0 Å². The van der Waals surface area contributed by atoms with E-state index >= 15 is 0 Å². The number of nitrogens with zero attached hydrogens (tertiary/aromatic N) is 3. The summed E-state index contributed by atoms with van der Waals surface area (Å²) in [6.07, 6.45) is 0. The van der Waals surface area contributed by atoms with Crippen LogP contribution in [0.2, 0.25) is 0 Å². The fraction of sp³-hybridized carbons (Fsp3) is 0. The number of rotatable bonds is 6. The van der Waals surface area contributed by atoms with Gasteiger partial charge in [0, 0.05) is 27.5 Å². The third-order valence-corrected chi connectivity index (χ3v) is 9.92. The Hall–Kier alpha value is -7.17. The molecular weight excluding hydrogens is 647 g/mol. The zero-order chi connectivity index (χ0) is 35.1. The van der Waals surface area contributed by atoms with Crippen LogP contribution in [0, 0.1) is 0 Å². The van der Waals surface area contributed by atoms with Gasteiger partial charge in [-0.3, -0.25) is 0 Å². The second kappa shape index (κ2) is 12.9. The second-order valence-corrected chi connectivity index (χ2v) is 13.3. The summed E-state index contributed by atoms with van der Waals surface area (Å²) in [5.74, 6) is 1.81. The monoisotopic (exact) mass is 677 g/mol. The fourth-order valence-corrected chi connectivity index (χ4v) is 7.23. The van der Waals surface area contributed by atoms with Gasteiger partial charge in [0.05, 0.1) is 0 Å². The first-order valence-corrected chi connectivity index (χ1v) is 17.8. The number of furan rings is 1. The molecule has 0 aliphatic heterocycles. The van der Waals surface area contributed by atoms with E-state index < -0.39 is 0 Å². The van der Waals surface area contributed by atoms with Crippen LogP contribution in [0.5, 0.6) is 0 Å². The molecule has 8 aromatic carbocycles. The summed E-state index contributed by atoms with van der Waals surface area (Å²) in [6, 6.07) is 65.2. The molecule has 0 saturated heterocycles. The Kier molecular flexibility index (Phi) is 7.43. The minimum atomic E-state index is 0.591. The molecule has 0 amide bonds. The number of para-hydroxylation sites is 1. The molecule has 10 aromatic rings. The first kappa shape index (κ1) is 30.6. The average molecular weight is 678 g/mol. The number of fused-ring (bicyclic) bond motifs is 4. The molecule has 248 valence electrons. The lowest BCUT2D eigenvalue weighted by Crippen LogP contribution is -2.01. The van der Waals surface area contributed by atoms with Gasteiger partial charge in [0.1, 0.15) is 11.2 Å². The molecule has 2 aromatic heterocycles. The number of hydrogen-bond acceptors (Lipinski definition) is 4. The molecule has 4 heteroatoms. The van der Waals surface area contributed by atoms with E-state index in [2.05, 4.69) is 133 Å². The molecule has 2 heterocycles. The maximum atomic E-state index is 6.46. The summed E-state index contributed by atoms with van der Waals surface area (Å²) in [7, 11) is 0. The normalized spacial score (nSPS) is 11.4. The second-order valence-electron chi connectivity index (χ2n) is 13.3. The van der Waals surface area contributed by atoms with Gasteiger partial charge in [0.15, 0.2) is 17.5 Å². The SMILES string of the molecule is c1ccc(-c2cc(-c3nc(-c4ccccc4)nc(-c4cccc(-c5ccc(-c6ccc7ccccc7c6)cc5)c4)n3)c3c(c2)oc2ccccc23)cc1. The highest BCUT2D eigenvalue weighted by atomic mass is 16.3. The molecule has 0 bridgehead atoms. The number of hydrogen-bond donors (Lipinski definition) is 0. The molecule has 0 aliphatic rings. The lowest BCUT2D eigenvalue weighted by atomic mass is 9.97. The highest BCUT2D eigenvalue weighted by Crippen LogP contribution is 2.40. The Morgan fingerprint density at radius 2 is 0.849 bits per heavy atom. The van der Waals surface area contributed by atoms with Crippen LogP contribution in [-0.4, -0.2) is 15.0 Å². The Morgan fingerprint density at radius 1 is 0.302 bits per heavy atom. The van der Waals surface area contributed by atoms with Crippen LogP contribution in [0.3, 0.4) is 0 Å². The van der Waals surface area contributed by atoms with Crippen molar-refractivity contribution in [2.75, 3.05) is 0 Å². The van der Waals surface area contributed by atoms with Gasteiger partial charge < -0.3 is 4.42 Å². The standard InChI is InChI=1S/C49H31N3O/c1-3-12-32(13-4-1)41-30-43(46-42-20-9-10-21-44(42)53-45(46)31-41)49-51-47(36-15-5-2-6-16-36)50-48(52-49)40-19-11-18-38(29-40)34-22-24-35(25-23-34)39-27-26-33-14-7-8-17-37(33)28-39/h1-31H. The Labute approximate surface area is 306 Å². The minimum absolute atomic E-state index is 0.591. The summed E-state index contributed by atoms with van der Waals surface area (Å²) >= 11 is 0. The third kappa shape index (κ3) is 5.73. The van der Waals surface area contributed by atoms with E-state index in [4.69, 9.17) is 19.4 Å². The van der Waals surface area contributed by atoms with Gasteiger partial charge in [-0.2, -0.15) is 0 Å². The summed E-state index contributed by atoms with van der Waals surface area (Å²) in [5.41, 5.74) is 11.1. The van der Waals surface area contributed by atoms with Crippen LogP contribution in [0.1, 0.15) is 0 Å². The van der Waals surface area contributed by atoms with Crippen molar-refractivity contribution in [1.29, 1.82) is 0 Å². The van der Waals surface area contributed by atoms with Gasteiger partial charge in [0.25, 0.3) is 0 Å². The van der Waals surface area contributed by atoms with Crippen molar-refractivity contribution >= 4 is 32.7 Å².